The lowest BCUT2D eigenvalue weighted by Crippen LogP contribution is -2.50. The summed E-state index contributed by atoms with van der Waals surface area (Å²) in [6, 6.07) is 4.55. The van der Waals surface area contributed by atoms with E-state index in [1.807, 2.05) is 6.07 Å². The molecule has 0 unspecified atom stereocenters. The molecule has 2 amide bonds. The lowest BCUT2D eigenvalue weighted by atomic mass is 9.62. The number of hydrogen-bond acceptors (Lipinski definition) is 3. The van der Waals surface area contributed by atoms with Crippen molar-refractivity contribution in [1.29, 1.82) is 0 Å². The molecule has 5 nitrogen and oxygen atoms in total. The lowest BCUT2D eigenvalue weighted by molar-refractivity contribution is -0.124. The van der Waals surface area contributed by atoms with E-state index in [9.17, 15) is 14.0 Å². The van der Waals surface area contributed by atoms with Gasteiger partial charge in [-0.1, -0.05) is 68.8 Å². The van der Waals surface area contributed by atoms with E-state index in [0.717, 1.165) is 18.4 Å². The SMILES string of the molecule is C=C(/C=C\C=C(\Cl)CF)[C@H]1[C@H](C(=O)NC2CC2)N[C@@H](CC(C)(C)C)[C@@]12C(=O)Nc1cc(Cl)ccc12. The van der Waals surface area contributed by atoms with Crippen LogP contribution in [0, 0.1) is 11.3 Å². The first-order chi connectivity index (χ1) is 16.5. The van der Waals surface area contributed by atoms with Gasteiger partial charge in [0.2, 0.25) is 11.8 Å². The number of nitrogens with one attached hydrogen (secondary N) is 3. The number of benzene rings is 1. The van der Waals surface area contributed by atoms with Gasteiger partial charge in [-0.25, -0.2) is 4.39 Å². The van der Waals surface area contributed by atoms with Crippen LogP contribution in [-0.4, -0.2) is 36.6 Å². The fourth-order valence-corrected chi connectivity index (χ4v) is 5.66. The number of alkyl halides is 1. The smallest absolute Gasteiger partial charge is 0.238 e. The van der Waals surface area contributed by atoms with Crippen LogP contribution < -0.4 is 16.0 Å². The van der Waals surface area contributed by atoms with E-state index in [-0.39, 0.29) is 34.3 Å². The van der Waals surface area contributed by atoms with Crippen LogP contribution in [0.3, 0.4) is 0 Å². The molecule has 3 N–H and O–H groups in total. The van der Waals surface area contributed by atoms with Gasteiger partial charge in [-0.15, -0.1) is 0 Å². The van der Waals surface area contributed by atoms with E-state index in [1.54, 1.807) is 24.3 Å². The van der Waals surface area contributed by atoms with Gasteiger partial charge in [0.05, 0.1) is 6.04 Å². The maximum atomic E-state index is 13.9. The average molecular weight is 520 g/mol. The molecule has 4 rings (SSSR count). The van der Waals surface area contributed by atoms with Gasteiger partial charge in [0.25, 0.3) is 0 Å². The van der Waals surface area contributed by atoms with Crippen LogP contribution >= 0.6 is 23.2 Å². The molecule has 35 heavy (non-hydrogen) atoms. The summed E-state index contributed by atoms with van der Waals surface area (Å²) in [5.74, 6) is -0.907. The minimum atomic E-state index is -1.08. The molecule has 1 spiro atoms. The Bertz CT molecular complexity index is 1110. The van der Waals surface area contributed by atoms with E-state index in [4.69, 9.17) is 23.2 Å². The van der Waals surface area contributed by atoms with Crippen molar-refractivity contribution < 1.29 is 14.0 Å². The zero-order valence-electron chi connectivity index (χ0n) is 20.3. The third-order valence-corrected chi connectivity index (χ3v) is 7.40. The number of halogens is 3. The van der Waals surface area contributed by atoms with Crippen LogP contribution in [0.2, 0.25) is 5.02 Å². The first-order valence-corrected chi connectivity index (χ1v) is 12.7. The van der Waals surface area contributed by atoms with Gasteiger partial charge in [-0.2, -0.15) is 0 Å². The molecule has 0 aromatic heterocycles. The molecule has 0 bridgehead atoms. The van der Waals surface area contributed by atoms with E-state index in [1.165, 1.54) is 6.08 Å². The van der Waals surface area contributed by atoms with Gasteiger partial charge in [0, 0.05) is 33.7 Å². The first kappa shape index (κ1) is 25.9. The van der Waals surface area contributed by atoms with E-state index < -0.39 is 24.0 Å². The van der Waals surface area contributed by atoms with Crippen molar-refractivity contribution in [2.45, 2.75) is 63.6 Å². The normalized spacial score (nSPS) is 28.5. The summed E-state index contributed by atoms with van der Waals surface area (Å²) in [6.07, 6.45) is 7.33. The molecular weight excluding hydrogens is 488 g/mol. The molecule has 8 heteroatoms. The molecule has 1 saturated carbocycles. The Hall–Kier alpha value is -2.15. The van der Waals surface area contributed by atoms with Crippen molar-refractivity contribution in [2.75, 3.05) is 12.0 Å². The highest BCUT2D eigenvalue weighted by Gasteiger charge is 2.65. The van der Waals surface area contributed by atoms with Crippen molar-refractivity contribution >= 4 is 40.7 Å². The number of rotatable bonds is 7. The molecule has 3 aliphatic rings. The van der Waals surface area contributed by atoms with Crippen molar-refractivity contribution in [3.8, 4) is 0 Å². The van der Waals surface area contributed by atoms with Crippen LogP contribution in [-0.2, 0) is 15.0 Å². The second-order valence-corrected chi connectivity index (χ2v) is 11.8. The summed E-state index contributed by atoms with van der Waals surface area (Å²) >= 11 is 12.1. The quantitative estimate of drug-likeness (QED) is 0.422. The molecule has 2 aliphatic heterocycles. The molecule has 1 aliphatic carbocycles. The number of carbonyl (C=O) groups excluding carboxylic acids is 2. The topological polar surface area (TPSA) is 70.2 Å². The average Bonchev–Trinajstić information content (AvgIpc) is 3.45. The second kappa shape index (κ2) is 9.72. The Morgan fingerprint density at radius 2 is 2.06 bits per heavy atom. The minimum Gasteiger partial charge on any atom is -0.352 e. The standard InChI is InChI=1S/C27H32Cl2FN3O2/c1-15(6-5-7-17(29)14-30)22-23(24(34)31-18-9-10-18)33-21(13-26(2,3)4)27(22)19-11-8-16(28)12-20(19)32-25(27)35/h5-8,11-12,18,21-23,33H,1,9-10,13-14H2,2-4H3,(H,31,34)(H,32,35)/b6-5-,17-7+/t21-,22-,23+,27+/m0/s1. The summed E-state index contributed by atoms with van der Waals surface area (Å²) in [4.78, 5) is 27.4. The van der Waals surface area contributed by atoms with Crippen molar-refractivity contribution in [3.63, 3.8) is 0 Å². The maximum Gasteiger partial charge on any atom is 0.238 e. The third kappa shape index (κ3) is 5.07. The van der Waals surface area contributed by atoms with Crippen molar-refractivity contribution in [1.82, 2.24) is 10.6 Å². The molecule has 2 fully saturated rings. The highest BCUT2D eigenvalue weighted by molar-refractivity contribution is 6.31. The Balaban J connectivity index is 1.86. The Morgan fingerprint density at radius 3 is 2.69 bits per heavy atom. The van der Waals surface area contributed by atoms with Gasteiger partial charge in [0.1, 0.15) is 12.1 Å². The maximum absolute atomic E-state index is 13.9. The number of carbonyl (C=O) groups is 2. The molecule has 1 saturated heterocycles. The van der Waals surface area contributed by atoms with Crippen LogP contribution in [0.4, 0.5) is 10.1 Å². The number of allylic oxidation sites excluding steroid dienone is 4. The summed E-state index contributed by atoms with van der Waals surface area (Å²) in [5.41, 5.74) is 0.831. The summed E-state index contributed by atoms with van der Waals surface area (Å²) < 4.78 is 12.8. The summed E-state index contributed by atoms with van der Waals surface area (Å²) in [7, 11) is 0. The number of anilines is 1. The predicted molar refractivity (Wildman–Crippen MR) is 139 cm³/mol. The summed E-state index contributed by atoms with van der Waals surface area (Å²) in [5, 5.41) is 10.2. The molecule has 1 aromatic rings. The highest BCUT2D eigenvalue weighted by Crippen LogP contribution is 2.55. The lowest BCUT2D eigenvalue weighted by Gasteiger charge is -2.37. The molecule has 4 atom stereocenters. The second-order valence-electron chi connectivity index (χ2n) is 10.9. The van der Waals surface area contributed by atoms with Crippen LogP contribution in [0.1, 0.15) is 45.6 Å². The fourth-order valence-electron chi connectivity index (χ4n) is 5.42. The van der Waals surface area contributed by atoms with Gasteiger partial charge in [-0.05, 0) is 54.0 Å². The third-order valence-electron chi connectivity index (χ3n) is 6.94. The highest BCUT2D eigenvalue weighted by atomic mass is 35.5. The zero-order chi connectivity index (χ0) is 25.5. The predicted octanol–water partition coefficient (Wildman–Crippen LogP) is 5.41. The molecule has 2 heterocycles. The van der Waals surface area contributed by atoms with Crippen molar-refractivity contribution in [3.05, 3.63) is 64.2 Å². The fraction of sp³-hybridized carbons (Fsp3) is 0.481. The molecule has 1 aromatic carbocycles. The van der Waals surface area contributed by atoms with E-state index >= 15 is 0 Å². The van der Waals surface area contributed by atoms with Gasteiger partial charge in [-0.3, -0.25) is 9.59 Å². The molecule has 188 valence electrons. The minimum absolute atomic E-state index is 0.0561. The largest absolute Gasteiger partial charge is 0.352 e. The van der Waals surface area contributed by atoms with Crippen molar-refractivity contribution in [2.24, 2.45) is 11.3 Å². The Labute approximate surface area is 216 Å². The van der Waals surface area contributed by atoms with Crippen LogP contribution in [0.5, 0.6) is 0 Å². The Morgan fingerprint density at radius 1 is 1.34 bits per heavy atom. The number of fused-ring (bicyclic) bond motifs is 2. The first-order valence-electron chi connectivity index (χ1n) is 11.9. The molecular formula is C27H32Cl2FN3O2. The Kier molecular flexibility index (Phi) is 7.20. The molecule has 0 radical (unpaired) electrons. The summed E-state index contributed by atoms with van der Waals surface area (Å²) in [6.45, 7) is 9.85. The van der Waals surface area contributed by atoms with Gasteiger partial charge < -0.3 is 16.0 Å². The number of amides is 2. The van der Waals surface area contributed by atoms with E-state index in [2.05, 4.69) is 43.3 Å². The van der Waals surface area contributed by atoms with Crippen LogP contribution in [0.15, 0.2) is 53.6 Å². The van der Waals surface area contributed by atoms with Gasteiger partial charge in [0.15, 0.2) is 0 Å². The van der Waals surface area contributed by atoms with Gasteiger partial charge >= 0.3 is 0 Å². The van der Waals surface area contributed by atoms with Crippen LogP contribution in [0.25, 0.3) is 0 Å². The van der Waals surface area contributed by atoms with E-state index in [0.29, 0.717) is 22.7 Å². The number of hydrogen-bond donors (Lipinski definition) is 3. The monoisotopic (exact) mass is 519 g/mol. The zero-order valence-corrected chi connectivity index (χ0v) is 21.8.